The molecule has 166 valence electrons. The Bertz CT molecular complexity index is 983. The van der Waals surface area contributed by atoms with Crippen LogP contribution in [0.25, 0.3) is 11.1 Å². The zero-order valence-electron chi connectivity index (χ0n) is 16.9. The summed E-state index contributed by atoms with van der Waals surface area (Å²) in [5.41, 5.74) is -2.39. The molecule has 0 spiro atoms. The number of amides is 1. The molecule has 1 aliphatic carbocycles. The predicted molar refractivity (Wildman–Crippen MR) is 106 cm³/mol. The van der Waals surface area contributed by atoms with Gasteiger partial charge in [-0.05, 0) is 55.4 Å². The highest BCUT2D eigenvalue weighted by atomic mass is 19.4. The van der Waals surface area contributed by atoms with E-state index in [0.717, 1.165) is 24.8 Å². The molecular weight excluding hydrogens is 413 g/mol. The van der Waals surface area contributed by atoms with Gasteiger partial charge in [-0.3, -0.25) is 4.79 Å². The van der Waals surface area contributed by atoms with Crippen LogP contribution >= 0.6 is 0 Å². The van der Waals surface area contributed by atoms with Gasteiger partial charge in [0.05, 0.1) is 11.1 Å². The van der Waals surface area contributed by atoms with Crippen LogP contribution in [0.5, 0.6) is 5.88 Å². The van der Waals surface area contributed by atoms with Gasteiger partial charge in [0.25, 0.3) is 5.91 Å². The summed E-state index contributed by atoms with van der Waals surface area (Å²) < 4.78 is 39.1. The minimum atomic E-state index is -4.57. The molecule has 0 saturated heterocycles. The average Bonchev–Trinajstić information content (AvgIpc) is 2.74. The maximum absolute atomic E-state index is 13.0. The quantitative estimate of drug-likeness (QED) is 0.635. The van der Waals surface area contributed by atoms with Crippen LogP contribution < -0.4 is 5.32 Å². The number of nitrogens with one attached hydrogen (secondary N) is 1. The second-order valence-electron chi connectivity index (χ2n) is 7.87. The fourth-order valence-electron chi connectivity index (χ4n) is 3.92. The fraction of sp³-hybridized carbons (Fsp3) is 0.409. The van der Waals surface area contributed by atoms with Gasteiger partial charge in [-0.25, -0.2) is 9.78 Å². The molecule has 2 aromatic rings. The molecule has 1 aromatic carbocycles. The molecule has 3 N–H and O–H groups in total. The second kappa shape index (κ2) is 8.56. The van der Waals surface area contributed by atoms with E-state index in [0.29, 0.717) is 31.6 Å². The first kappa shape index (κ1) is 22.6. The van der Waals surface area contributed by atoms with Crippen LogP contribution in [0, 0.1) is 5.92 Å². The van der Waals surface area contributed by atoms with E-state index in [4.69, 9.17) is 0 Å². The normalized spacial score (nSPS) is 21.5. The van der Waals surface area contributed by atoms with Crippen molar-refractivity contribution in [2.75, 3.05) is 0 Å². The minimum absolute atomic E-state index is 0.0332. The Balaban J connectivity index is 1.89. The van der Waals surface area contributed by atoms with Crippen molar-refractivity contribution in [1.29, 1.82) is 0 Å². The number of carboxylic acid groups (broad SMARTS) is 1. The molecule has 3 rings (SSSR count). The van der Waals surface area contributed by atoms with Crippen molar-refractivity contribution in [3.05, 3.63) is 47.7 Å². The number of hydrogen-bond donors (Lipinski definition) is 3. The van der Waals surface area contributed by atoms with Crippen molar-refractivity contribution in [2.45, 2.75) is 50.7 Å². The van der Waals surface area contributed by atoms with Crippen LogP contribution in [-0.2, 0) is 11.0 Å². The Morgan fingerprint density at radius 1 is 1.23 bits per heavy atom. The summed E-state index contributed by atoms with van der Waals surface area (Å²) in [5.74, 6) is -1.96. The van der Waals surface area contributed by atoms with Gasteiger partial charge in [0.2, 0.25) is 5.88 Å². The molecule has 1 amide bonds. The summed E-state index contributed by atoms with van der Waals surface area (Å²) in [6.45, 7) is 2.04. The van der Waals surface area contributed by atoms with Crippen molar-refractivity contribution < 1.29 is 33.0 Å². The van der Waals surface area contributed by atoms with Gasteiger partial charge in [-0.1, -0.05) is 25.5 Å². The van der Waals surface area contributed by atoms with Crippen molar-refractivity contribution in [3.63, 3.8) is 0 Å². The van der Waals surface area contributed by atoms with Gasteiger partial charge >= 0.3 is 12.1 Å². The monoisotopic (exact) mass is 436 g/mol. The number of nitrogens with zero attached hydrogens (tertiary/aromatic N) is 1. The third-order valence-electron chi connectivity index (χ3n) is 5.93. The third kappa shape index (κ3) is 4.81. The van der Waals surface area contributed by atoms with Crippen molar-refractivity contribution in [3.8, 4) is 17.0 Å². The van der Waals surface area contributed by atoms with E-state index in [-0.39, 0.29) is 16.7 Å². The number of carbonyl (C=O) groups is 2. The van der Waals surface area contributed by atoms with Crippen LogP contribution in [0.4, 0.5) is 13.2 Å². The number of aromatic hydroxyl groups is 1. The Kier molecular flexibility index (Phi) is 6.24. The largest absolute Gasteiger partial charge is 0.493 e. The van der Waals surface area contributed by atoms with Crippen LogP contribution in [-0.4, -0.2) is 32.6 Å². The number of carboxylic acids is 1. The summed E-state index contributed by atoms with van der Waals surface area (Å²) in [4.78, 5) is 28.5. The van der Waals surface area contributed by atoms with Crippen LogP contribution in [0.1, 0.15) is 54.9 Å². The SMILES string of the molecule is CC[C@H]1CC[C@@](NC(=O)c2cnc(O)c(-c3cccc(C(F)(F)F)c3)c2)(C(=O)O)CC1. The topological polar surface area (TPSA) is 99.5 Å². The summed E-state index contributed by atoms with van der Waals surface area (Å²) in [6.07, 6.45) is -0.643. The lowest BCUT2D eigenvalue weighted by Gasteiger charge is -2.37. The van der Waals surface area contributed by atoms with E-state index in [2.05, 4.69) is 10.3 Å². The Morgan fingerprint density at radius 3 is 2.48 bits per heavy atom. The Hall–Kier alpha value is -3.10. The van der Waals surface area contributed by atoms with E-state index in [9.17, 15) is 33.0 Å². The van der Waals surface area contributed by atoms with Gasteiger partial charge in [-0.2, -0.15) is 13.2 Å². The molecule has 31 heavy (non-hydrogen) atoms. The van der Waals surface area contributed by atoms with Crippen LogP contribution in [0.3, 0.4) is 0 Å². The highest BCUT2D eigenvalue weighted by Crippen LogP contribution is 2.36. The average molecular weight is 436 g/mol. The highest BCUT2D eigenvalue weighted by Gasteiger charge is 2.43. The summed E-state index contributed by atoms with van der Waals surface area (Å²) in [7, 11) is 0. The van der Waals surface area contributed by atoms with Crippen molar-refractivity contribution >= 4 is 11.9 Å². The first-order valence-corrected chi connectivity index (χ1v) is 9.98. The smallest absolute Gasteiger partial charge is 0.416 e. The number of carbonyl (C=O) groups excluding carboxylic acids is 1. The Morgan fingerprint density at radius 2 is 1.90 bits per heavy atom. The van der Waals surface area contributed by atoms with Gasteiger partial charge in [0.1, 0.15) is 5.54 Å². The minimum Gasteiger partial charge on any atom is -0.493 e. The summed E-state index contributed by atoms with van der Waals surface area (Å²) >= 11 is 0. The van der Waals surface area contributed by atoms with E-state index in [1.54, 1.807) is 0 Å². The maximum atomic E-state index is 13.0. The summed E-state index contributed by atoms with van der Waals surface area (Å²) in [6, 6.07) is 5.51. The van der Waals surface area contributed by atoms with Crippen LogP contribution in [0.2, 0.25) is 0 Å². The summed E-state index contributed by atoms with van der Waals surface area (Å²) in [5, 5.41) is 22.4. The lowest BCUT2D eigenvalue weighted by molar-refractivity contribution is -0.146. The number of aromatic nitrogens is 1. The number of pyridine rings is 1. The zero-order valence-corrected chi connectivity index (χ0v) is 16.9. The Labute approximate surface area is 177 Å². The molecule has 6 nitrogen and oxygen atoms in total. The number of benzene rings is 1. The molecular formula is C22H23F3N2O4. The zero-order chi connectivity index (χ0) is 22.8. The predicted octanol–water partition coefficient (Wildman–Crippen LogP) is 4.63. The lowest BCUT2D eigenvalue weighted by atomic mass is 9.75. The van der Waals surface area contributed by atoms with Gasteiger partial charge in [0, 0.05) is 11.8 Å². The highest BCUT2D eigenvalue weighted by molar-refractivity contribution is 5.98. The number of aliphatic carboxylic acids is 1. The van der Waals surface area contributed by atoms with Crippen molar-refractivity contribution in [1.82, 2.24) is 10.3 Å². The first-order valence-electron chi connectivity index (χ1n) is 9.98. The standard InChI is InChI=1S/C22H23F3N2O4/c1-2-13-6-8-21(9-7-13,20(30)31)27-18(28)15-11-17(19(29)26-12-15)14-4-3-5-16(10-14)22(23,24)25/h3-5,10-13H,2,6-9H2,1H3,(H,26,29)(H,27,28)(H,30,31)/t13-,21-. The molecule has 1 heterocycles. The molecule has 0 atom stereocenters. The fourth-order valence-corrected chi connectivity index (χ4v) is 3.92. The number of halogens is 3. The lowest BCUT2D eigenvalue weighted by Crippen LogP contribution is -2.56. The van der Waals surface area contributed by atoms with Crippen LogP contribution in [0.15, 0.2) is 36.5 Å². The van der Waals surface area contributed by atoms with E-state index in [1.165, 1.54) is 18.2 Å². The molecule has 0 unspecified atom stereocenters. The van der Waals surface area contributed by atoms with Crippen molar-refractivity contribution in [2.24, 2.45) is 5.92 Å². The van der Waals surface area contributed by atoms with E-state index < -0.39 is 35.0 Å². The number of alkyl halides is 3. The molecule has 1 fully saturated rings. The maximum Gasteiger partial charge on any atom is 0.416 e. The first-order chi connectivity index (χ1) is 14.6. The molecule has 1 saturated carbocycles. The number of hydrogen-bond acceptors (Lipinski definition) is 4. The molecule has 1 aromatic heterocycles. The third-order valence-corrected chi connectivity index (χ3v) is 5.93. The van der Waals surface area contributed by atoms with Gasteiger partial charge in [-0.15, -0.1) is 0 Å². The molecule has 0 radical (unpaired) electrons. The molecule has 0 aliphatic heterocycles. The van der Waals surface area contributed by atoms with Gasteiger partial charge < -0.3 is 15.5 Å². The van der Waals surface area contributed by atoms with E-state index in [1.807, 2.05) is 6.92 Å². The van der Waals surface area contributed by atoms with Gasteiger partial charge in [0.15, 0.2) is 0 Å². The number of rotatable bonds is 5. The molecule has 1 aliphatic rings. The molecule has 9 heteroatoms. The molecule has 0 bridgehead atoms. The second-order valence-corrected chi connectivity index (χ2v) is 7.87. The van der Waals surface area contributed by atoms with E-state index >= 15 is 0 Å².